The Morgan fingerprint density at radius 1 is 1.19 bits per heavy atom. The lowest BCUT2D eigenvalue weighted by Gasteiger charge is -2.29. The first-order valence-electron chi connectivity index (χ1n) is 5.92. The molecule has 0 saturated carbocycles. The van der Waals surface area contributed by atoms with Crippen LogP contribution < -0.4 is 0 Å². The smallest absolute Gasteiger partial charge is 0.0908 e. The van der Waals surface area contributed by atoms with Crippen LogP contribution in [0.3, 0.4) is 0 Å². The van der Waals surface area contributed by atoms with Gasteiger partial charge in [0.2, 0.25) is 0 Å². The van der Waals surface area contributed by atoms with Crippen molar-refractivity contribution >= 4 is 11.6 Å². The zero-order chi connectivity index (χ0) is 12.0. The summed E-state index contributed by atoms with van der Waals surface area (Å²) in [5.74, 6) is 1.09. The molecule has 1 rings (SSSR count). The van der Waals surface area contributed by atoms with Gasteiger partial charge in [-0.15, -0.1) is 11.6 Å². The Kier molecular flexibility index (Phi) is 5.30. The second-order valence-electron chi connectivity index (χ2n) is 4.77. The van der Waals surface area contributed by atoms with Crippen LogP contribution in [0.5, 0.6) is 0 Å². The molecule has 0 spiro atoms. The predicted octanol–water partition coefficient (Wildman–Crippen LogP) is 3.94. The maximum absolute atomic E-state index is 10.6. The number of alkyl halides is 1. The lowest BCUT2D eigenvalue weighted by Crippen LogP contribution is -2.26. The maximum atomic E-state index is 10.6. The first-order chi connectivity index (χ1) is 7.58. The number of benzene rings is 1. The van der Waals surface area contributed by atoms with Crippen molar-refractivity contribution in [2.45, 2.75) is 38.7 Å². The topological polar surface area (TPSA) is 20.2 Å². The molecule has 0 aliphatic heterocycles. The summed E-state index contributed by atoms with van der Waals surface area (Å²) in [5, 5.41) is 10.6. The van der Waals surface area contributed by atoms with Crippen molar-refractivity contribution in [2.75, 3.05) is 5.88 Å². The molecule has 1 atom stereocenters. The van der Waals surface area contributed by atoms with E-state index in [9.17, 15) is 5.11 Å². The average Bonchev–Trinajstić information content (AvgIpc) is 2.28. The minimum atomic E-state index is -0.757. The molecule has 0 heterocycles. The average molecular weight is 241 g/mol. The summed E-state index contributed by atoms with van der Waals surface area (Å²) < 4.78 is 0. The van der Waals surface area contributed by atoms with Gasteiger partial charge in [0.15, 0.2) is 0 Å². The first-order valence-corrected chi connectivity index (χ1v) is 6.46. The normalized spacial score (nSPS) is 15.1. The van der Waals surface area contributed by atoms with Gasteiger partial charge in [-0.25, -0.2) is 0 Å². The summed E-state index contributed by atoms with van der Waals surface area (Å²) in [6, 6.07) is 9.85. The molecule has 0 amide bonds. The van der Waals surface area contributed by atoms with Crippen molar-refractivity contribution in [3.05, 3.63) is 35.9 Å². The van der Waals surface area contributed by atoms with Crippen LogP contribution in [0.25, 0.3) is 0 Å². The van der Waals surface area contributed by atoms with Crippen LogP contribution in [-0.2, 0) is 5.60 Å². The monoisotopic (exact) mass is 240 g/mol. The van der Waals surface area contributed by atoms with Crippen LogP contribution in [0.2, 0.25) is 0 Å². The van der Waals surface area contributed by atoms with Gasteiger partial charge in [0.25, 0.3) is 0 Å². The molecule has 16 heavy (non-hydrogen) atoms. The summed E-state index contributed by atoms with van der Waals surface area (Å²) in [7, 11) is 0. The molecule has 0 aliphatic carbocycles. The van der Waals surface area contributed by atoms with E-state index in [0.29, 0.717) is 18.2 Å². The molecule has 1 aromatic carbocycles. The van der Waals surface area contributed by atoms with Crippen molar-refractivity contribution in [1.82, 2.24) is 0 Å². The predicted molar refractivity (Wildman–Crippen MR) is 69.7 cm³/mol. The Morgan fingerprint density at radius 3 is 2.31 bits per heavy atom. The van der Waals surface area contributed by atoms with E-state index in [-0.39, 0.29) is 0 Å². The highest BCUT2D eigenvalue weighted by Gasteiger charge is 2.28. The molecule has 0 fully saturated rings. The van der Waals surface area contributed by atoms with Gasteiger partial charge in [0.05, 0.1) is 5.60 Å². The Hall–Kier alpha value is -0.530. The minimum absolute atomic E-state index is 0.490. The highest BCUT2D eigenvalue weighted by molar-refractivity contribution is 6.17. The summed E-state index contributed by atoms with van der Waals surface area (Å²) in [5.41, 5.74) is 0.226. The van der Waals surface area contributed by atoms with Gasteiger partial charge in [-0.3, -0.25) is 0 Å². The quantitative estimate of drug-likeness (QED) is 0.747. The van der Waals surface area contributed by atoms with Crippen LogP contribution >= 0.6 is 11.6 Å². The van der Waals surface area contributed by atoms with E-state index < -0.39 is 5.60 Å². The summed E-state index contributed by atoms with van der Waals surface area (Å²) in [6.07, 6.45) is 2.41. The van der Waals surface area contributed by atoms with Crippen LogP contribution in [0.1, 0.15) is 38.7 Å². The number of hydrogen-bond donors (Lipinski definition) is 1. The standard InChI is InChI=1S/C14H21ClO/c1-12(2)8-9-14(16,10-11-15)13-6-4-3-5-7-13/h3-7,12,16H,8-11H2,1-2H3. The van der Waals surface area contributed by atoms with Gasteiger partial charge in [-0.1, -0.05) is 44.2 Å². The molecule has 1 aromatic rings. The maximum Gasteiger partial charge on any atom is 0.0908 e. The third-order valence-electron chi connectivity index (χ3n) is 2.95. The van der Waals surface area contributed by atoms with Crippen molar-refractivity contribution < 1.29 is 5.11 Å². The molecule has 0 bridgehead atoms. The van der Waals surface area contributed by atoms with Gasteiger partial charge in [-0.05, 0) is 30.7 Å². The van der Waals surface area contributed by atoms with E-state index >= 15 is 0 Å². The molecule has 2 heteroatoms. The second-order valence-corrected chi connectivity index (χ2v) is 5.15. The van der Waals surface area contributed by atoms with Crippen molar-refractivity contribution in [3.8, 4) is 0 Å². The number of halogens is 1. The fourth-order valence-corrected chi connectivity index (χ4v) is 2.16. The largest absolute Gasteiger partial charge is 0.385 e. The molecule has 1 nitrogen and oxygen atoms in total. The molecule has 90 valence electrons. The first kappa shape index (κ1) is 13.5. The van der Waals surface area contributed by atoms with E-state index in [2.05, 4.69) is 13.8 Å². The molecule has 0 aromatic heterocycles. The molecule has 0 saturated heterocycles. The second kappa shape index (κ2) is 6.27. The highest BCUT2D eigenvalue weighted by Crippen LogP contribution is 2.31. The highest BCUT2D eigenvalue weighted by atomic mass is 35.5. The Morgan fingerprint density at radius 2 is 1.81 bits per heavy atom. The van der Waals surface area contributed by atoms with Gasteiger partial charge in [0, 0.05) is 5.88 Å². The number of hydrogen-bond acceptors (Lipinski definition) is 1. The fourth-order valence-electron chi connectivity index (χ4n) is 1.85. The van der Waals surface area contributed by atoms with Crippen LogP contribution in [0.4, 0.5) is 0 Å². The minimum Gasteiger partial charge on any atom is -0.385 e. The zero-order valence-corrected chi connectivity index (χ0v) is 10.9. The lowest BCUT2D eigenvalue weighted by molar-refractivity contribution is 0.0190. The molecular formula is C14H21ClO. The molecule has 1 unspecified atom stereocenters. The number of rotatable bonds is 6. The summed E-state index contributed by atoms with van der Waals surface area (Å²) >= 11 is 5.79. The molecule has 0 aliphatic rings. The Bertz CT molecular complexity index is 297. The zero-order valence-electron chi connectivity index (χ0n) is 10.1. The third-order valence-corrected chi connectivity index (χ3v) is 3.14. The van der Waals surface area contributed by atoms with E-state index in [0.717, 1.165) is 18.4 Å². The van der Waals surface area contributed by atoms with Crippen molar-refractivity contribution in [1.29, 1.82) is 0 Å². The summed E-state index contributed by atoms with van der Waals surface area (Å²) in [4.78, 5) is 0. The van der Waals surface area contributed by atoms with Crippen LogP contribution in [0, 0.1) is 5.92 Å². The lowest BCUT2D eigenvalue weighted by atomic mass is 9.85. The molecular weight excluding hydrogens is 220 g/mol. The van der Waals surface area contributed by atoms with Gasteiger partial charge < -0.3 is 5.11 Å². The summed E-state index contributed by atoms with van der Waals surface area (Å²) in [6.45, 7) is 4.35. The van der Waals surface area contributed by atoms with Gasteiger partial charge in [-0.2, -0.15) is 0 Å². The fraction of sp³-hybridized carbons (Fsp3) is 0.571. The number of aliphatic hydroxyl groups is 1. The Labute approximate surface area is 103 Å². The molecule has 1 N–H and O–H groups in total. The van der Waals surface area contributed by atoms with Crippen molar-refractivity contribution in [3.63, 3.8) is 0 Å². The van der Waals surface area contributed by atoms with E-state index in [1.807, 2.05) is 30.3 Å². The van der Waals surface area contributed by atoms with E-state index in [4.69, 9.17) is 11.6 Å². The van der Waals surface area contributed by atoms with E-state index in [1.54, 1.807) is 0 Å². The SMILES string of the molecule is CC(C)CCC(O)(CCCl)c1ccccc1. The van der Waals surface area contributed by atoms with Gasteiger partial charge in [0.1, 0.15) is 0 Å². The van der Waals surface area contributed by atoms with Crippen LogP contribution in [0.15, 0.2) is 30.3 Å². The Balaban J connectivity index is 2.79. The van der Waals surface area contributed by atoms with Crippen molar-refractivity contribution in [2.24, 2.45) is 5.92 Å². The van der Waals surface area contributed by atoms with Gasteiger partial charge >= 0.3 is 0 Å². The molecule has 0 radical (unpaired) electrons. The van der Waals surface area contributed by atoms with E-state index in [1.165, 1.54) is 0 Å². The third kappa shape index (κ3) is 3.80. The van der Waals surface area contributed by atoms with Crippen LogP contribution in [-0.4, -0.2) is 11.0 Å².